The average molecular weight is 308 g/mol. The quantitative estimate of drug-likeness (QED) is 0.453. The number of fused-ring (bicyclic) bond motifs is 1. The van der Waals surface area contributed by atoms with Gasteiger partial charge >= 0.3 is 11.9 Å². The summed E-state index contributed by atoms with van der Waals surface area (Å²) in [6, 6.07) is 5.16. The van der Waals surface area contributed by atoms with E-state index in [0.29, 0.717) is 0 Å². The molecule has 4 nitrogen and oxygen atoms in total. The van der Waals surface area contributed by atoms with Crippen LogP contribution in [0, 0.1) is 11.8 Å². The fourth-order valence-electron chi connectivity index (χ4n) is 2.09. The highest BCUT2D eigenvalue weighted by Crippen LogP contribution is 2.47. The van der Waals surface area contributed by atoms with Crippen LogP contribution in [0.5, 0.6) is 0 Å². The summed E-state index contributed by atoms with van der Waals surface area (Å²) >= 11 is 0. The number of alkyl halides is 2. The van der Waals surface area contributed by atoms with E-state index in [1.165, 1.54) is 24.3 Å². The average Bonchev–Trinajstić information content (AvgIpc) is 2.55. The minimum atomic E-state index is -4.13. The number of benzene rings is 1. The van der Waals surface area contributed by atoms with Gasteiger partial charge in [0, 0.05) is 17.0 Å². The van der Waals surface area contributed by atoms with Crippen molar-refractivity contribution in [1.29, 1.82) is 0 Å². The molecule has 22 heavy (non-hydrogen) atoms. The van der Waals surface area contributed by atoms with E-state index in [9.17, 15) is 23.5 Å². The van der Waals surface area contributed by atoms with Gasteiger partial charge in [-0.3, -0.25) is 4.79 Å². The van der Waals surface area contributed by atoms with Gasteiger partial charge in [0.1, 0.15) is 5.60 Å². The molecule has 1 aromatic carbocycles. The van der Waals surface area contributed by atoms with Crippen molar-refractivity contribution in [3.63, 3.8) is 0 Å². The highest BCUT2D eigenvalue weighted by molar-refractivity contribution is 6.08. The Bertz CT molecular complexity index is 707. The number of ether oxygens (including phenoxy) is 1. The molecule has 0 aromatic heterocycles. The van der Waals surface area contributed by atoms with Crippen LogP contribution < -0.4 is 0 Å². The number of hydrogen-bond donors (Lipinski definition) is 1. The number of rotatable bonds is 0. The Morgan fingerprint density at radius 3 is 2.45 bits per heavy atom. The number of carbonyl (C=O) groups excluding carboxylic acids is 2. The van der Waals surface area contributed by atoms with E-state index in [1.807, 2.05) is 11.8 Å². The Hall–Kier alpha value is -2.26. The predicted octanol–water partition coefficient (Wildman–Crippen LogP) is 2.05. The minimum Gasteiger partial charge on any atom is -0.450 e. The van der Waals surface area contributed by atoms with Crippen LogP contribution in [-0.4, -0.2) is 28.4 Å². The van der Waals surface area contributed by atoms with Crippen molar-refractivity contribution < 1.29 is 28.2 Å². The smallest absolute Gasteiger partial charge is 0.384 e. The second-order valence-corrected chi connectivity index (χ2v) is 5.91. The Morgan fingerprint density at radius 1 is 1.27 bits per heavy atom. The summed E-state index contributed by atoms with van der Waals surface area (Å²) in [6.45, 7) is 4.76. The molecule has 1 aliphatic carbocycles. The number of Topliss-reactive ketones (excluding diaryl/α,β-unsaturated/α-hetero) is 1. The third kappa shape index (κ3) is 2.48. The van der Waals surface area contributed by atoms with E-state index in [-0.39, 0.29) is 11.1 Å². The molecule has 1 aliphatic rings. The minimum absolute atomic E-state index is 0.312. The molecule has 0 saturated carbocycles. The molecule has 0 bridgehead atoms. The van der Waals surface area contributed by atoms with Gasteiger partial charge in [-0.15, -0.1) is 0 Å². The zero-order chi connectivity index (χ0) is 16.8. The van der Waals surface area contributed by atoms with Crippen molar-refractivity contribution in [2.75, 3.05) is 0 Å². The van der Waals surface area contributed by atoms with Gasteiger partial charge in [0.25, 0.3) is 0 Å². The standard InChI is InChI=1S/C16H14F2O4/c1-14(2,3)22-12(19)8-9-15(21)11-7-5-4-6-10(11)13(20)16(15,17)18/h4-7,21H,1-3H3. The maximum Gasteiger partial charge on any atom is 0.384 e. The summed E-state index contributed by atoms with van der Waals surface area (Å²) in [5.41, 5.74) is -4.52. The van der Waals surface area contributed by atoms with E-state index in [4.69, 9.17) is 4.74 Å². The zero-order valence-electron chi connectivity index (χ0n) is 12.2. The molecule has 0 radical (unpaired) electrons. The van der Waals surface area contributed by atoms with Crippen LogP contribution in [0.2, 0.25) is 0 Å². The third-order valence-corrected chi connectivity index (χ3v) is 3.05. The molecule has 1 atom stereocenters. The SMILES string of the molecule is CC(C)(C)OC(=O)C#CC1(O)c2ccccc2C(=O)C1(F)F. The first-order chi connectivity index (χ1) is 9.99. The monoisotopic (exact) mass is 308 g/mol. The Balaban J connectivity index is 2.46. The fourth-order valence-corrected chi connectivity index (χ4v) is 2.09. The highest BCUT2D eigenvalue weighted by Gasteiger charge is 2.65. The van der Waals surface area contributed by atoms with Crippen LogP contribution in [-0.2, 0) is 15.1 Å². The molecule has 0 heterocycles. The topological polar surface area (TPSA) is 63.6 Å². The van der Waals surface area contributed by atoms with Crippen LogP contribution in [0.1, 0.15) is 36.7 Å². The van der Waals surface area contributed by atoms with Gasteiger partial charge in [0.05, 0.1) is 0 Å². The maximum atomic E-state index is 14.1. The van der Waals surface area contributed by atoms with Gasteiger partial charge < -0.3 is 9.84 Å². The van der Waals surface area contributed by atoms with E-state index < -0.39 is 28.9 Å². The molecule has 0 fully saturated rings. The summed E-state index contributed by atoms with van der Waals surface area (Å²) in [7, 11) is 0. The lowest BCUT2D eigenvalue weighted by molar-refractivity contribution is -0.147. The van der Waals surface area contributed by atoms with Gasteiger partial charge in [-0.05, 0) is 26.7 Å². The molecule has 116 valence electrons. The van der Waals surface area contributed by atoms with Crippen LogP contribution in [0.3, 0.4) is 0 Å². The van der Waals surface area contributed by atoms with E-state index >= 15 is 0 Å². The van der Waals surface area contributed by atoms with Crippen LogP contribution in [0.25, 0.3) is 0 Å². The maximum absolute atomic E-state index is 14.1. The number of halogens is 2. The molecule has 6 heteroatoms. The summed E-state index contributed by atoms with van der Waals surface area (Å²) < 4.78 is 33.1. The van der Waals surface area contributed by atoms with Crippen molar-refractivity contribution in [2.24, 2.45) is 0 Å². The van der Waals surface area contributed by atoms with Crippen LogP contribution in [0.15, 0.2) is 24.3 Å². The zero-order valence-corrected chi connectivity index (χ0v) is 12.2. The lowest BCUT2D eigenvalue weighted by Crippen LogP contribution is -2.44. The molecule has 0 saturated heterocycles. The first-order valence-corrected chi connectivity index (χ1v) is 6.50. The Labute approximate surface area is 126 Å². The summed E-state index contributed by atoms with van der Waals surface area (Å²) in [6.07, 6.45) is 0. The van der Waals surface area contributed by atoms with Crippen molar-refractivity contribution in [3.05, 3.63) is 35.4 Å². The molecule has 2 rings (SSSR count). The summed E-state index contributed by atoms with van der Waals surface area (Å²) in [5, 5.41) is 10.2. The number of hydrogen-bond acceptors (Lipinski definition) is 4. The molecular weight excluding hydrogens is 294 g/mol. The fraction of sp³-hybridized carbons (Fsp3) is 0.375. The molecular formula is C16H14F2O4. The van der Waals surface area contributed by atoms with Crippen LogP contribution in [0.4, 0.5) is 8.78 Å². The van der Waals surface area contributed by atoms with Gasteiger partial charge in [0.15, 0.2) is 0 Å². The molecule has 0 aliphatic heterocycles. The Morgan fingerprint density at radius 2 is 1.86 bits per heavy atom. The number of aliphatic hydroxyl groups is 1. The second-order valence-electron chi connectivity index (χ2n) is 5.91. The van der Waals surface area contributed by atoms with Crippen molar-refractivity contribution in [1.82, 2.24) is 0 Å². The Kier molecular flexibility index (Phi) is 3.58. The third-order valence-electron chi connectivity index (χ3n) is 3.05. The molecule has 1 N–H and O–H groups in total. The first kappa shape index (κ1) is 16.1. The molecule has 1 unspecified atom stereocenters. The van der Waals surface area contributed by atoms with Gasteiger partial charge in [0.2, 0.25) is 11.4 Å². The number of ketones is 1. The van der Waals surface area contributed by atoms with Crippen LogP contribution >= 0.6 is 0 Å². The molecule has 0 amide bonds. The second kappa shape index (κ2) is 4.89. The largest absolute Gasteiger partial charge is 0.450 e. The first-order valence-electron chi connectivity index (χ1n) is 6.50. The normalized spacial score (nSPS) is 22.5. The number of esters is 1. The van der Waals surface area contributed by atoms with Crippen molar-refractivity contribution in [2.45, 2.75) is 37.9 Å². The highest BCUT2D eigenvalue weighted by atomic mass is 19.3. The van der Waals surface area contributed by atoms with Gasteiger partial charge in [-0.1, -0.05) is 24.3 Å². The lowest BCUT2D eigenvalue weighted by Gasteiger charge is -2.23. The van der Waals surface area contributed by atoms with Gasteiger partial charge in [-0.25, -0.2) is 4.79 Å². The molecule has 1 aromatic rings. The molecule has 0 spiro atoms. The predicted molar refractivity (Wildman–Crippen MR) is 73.2 cm³/mol. The van der Waals surface area contributed by atoms with E-state index in [2.05, 4.69) is 0 Å². The summed E-state index contributed by atoms with van der Waals surface area (Å²) in [5.74, 6) is -3.06. The van der Waals surface area contributed by atoms with Crippen molar-refractivity contribution >= 4 is 11.8 Å². The number of carbonyl (C=O) groups is 2. The van der Waals surface area contributed by atoms with E-state index in [1.54, 1.807) is 20.8 Å². The summed E-state index contributed by atoms with van der Waals surface area (Å²) in [4.78, 5) is 23.2. The van der Waals surface area contributed by atoms with E-state index in [0.717, 1.165) is 0 Å². The van der Waals surface area contributed by atoms with Crippen molar-refractivity contribution in [3.8, 4) is 11.8 Å². The lowest BCUT2D eigenvalue weighted by atomic mass is 9.94. The van der Waals surface area contributed by atoms with Gasteiger partial charge in [-0.2, -0.15) is 8.78 Å².